The maximum absolute atomic E-state index is 13.2. The van der Waals surface area contributed by atoms with E-state index < -0.39 is 5.41 Å². The van der Waals surface area contributed by atoms with Crippen molar-refractivity contribution in [3.8, 4) is 5.75 Å². The van der Waals surface area contributed by atoms with E-state index in [1.54, 1.807) is 0 Å². The molecule has 0 saturated heterocycles. The molecule has 2 rings (SSSR count). The van der Waals surface area contributed by atoms with E-state index in [2.05, 4.69) is 33.0 Å². The van der Waals surface area contributed by atoms with E-state index in [4.69, 9.17) is 4.74 Å². The first-order valence-corrected chi connectivity index (χ1v) is 11.1. The number of benzene rings is 1. The molecule has 1 N–H and O–H groups in total. The summed E-state index contributed by atoms with van der Waals surface area (Å²) in [6, 6.07) is 5.63. The number of carbonyl (C=O) groups excluding carboxylic acids is 2. The smallest absolute Gasteiger partial charge is 0.236 e. The molecule has 5 heteroatoms. The van der Waals surface area contributed by atoms with Gasteiger partial charge in [0, 0.05) is 18.2 Å². The predicted molar refractivity (Wildman–Crippen MR) is 119 cm³/mol. The van der Waals surface area contributed by atoms with Crippen LogP contribution in [0.1, 0.15) is 73.6 Å². The number of amides is 2. The fraction of sp³-hybridized carbons (Fsp3) is 0.667. The van der Waals surface area contributed by atoms with Crippen molar-refractivity contribution >= 4 is 23.2 Å². The SMILES string of the molecule is CCCC(CCC)C(=O)Nc1ccc2c(c1)N(CCC(C)C)C(=O)C(C)(C)CO2. The van der Waals surface area contributed by atoms with Crippen molar-refractivity contribution in [1.82, 2.24) is 0 Å². The van der Waals surface area contributed by atoms with Gasteiger partial charge in [-0.15, -0.1) is 0 Å². The summed E-state index contributed by atoms with van der Waals surface area (Å²) in [5.41, 5.74) is 0.880. The number of carbonyl (C=O) groups is 2. The van der Waals surface area contributed by atoms with Crippen molar-refractivity contribution in [2.45, 2.75) is 73.6 Å². The summed E-state index contributed by atoms with van der Waals surface area (Å²) in [7, 11) is 0. The molecule has 0 saturated carbocycles. The average molecular weight is 403 g/mol. The zero-order chi connectivity index (χ0) is 21.6. The highest BCUT2D eigenvalue weighted by Crippen LogP contribution is 2.38. The number of ether oxygens (including phenoxy) is 1. The van der Waals surface area contributed by atoms with Crippen molar-refractivity contribution in [3.63, 3.8) is 0 Å². The molecule has 0 aromatic heterocycles. The molecule has 162 valence electrons. The first-order valence-electron chi connectivity index (χ1n) is 11.1. The molecule has 0 unspecified atom stereocenters. The molecule has 1 aromatic carbocycles. The van der Waals surface area contributed by atoms with Gasteiger partial charge in [0.05, 0.1) is 11.1 Å². The van der Waals surface area contributed by atoms with E-state index in [0.717, 1.165) is 43.5 Å². The standard InChI is InChI=1S/C24H38N2O3/c1-7-9-18(10-8-2)22(27)25-19-11-12-21-20(15-19)26(14-13-17(3)4)23(28)24(5,6)16-29-21/h11-12,15,17-18H,7-10,13-14,16H2,1-6H3,(H,25,27). The number of hydrogen-bond acceptors (Lipinski definition) is 3. The molecule has 0 fully saturated rings. The van der Waals surface area contributed by atoms with Crippen LogP contribution in [0.3, 0.4) is 0 Å². The first kappa shape index (κ1) is 23.2. The van der Waals surface area contributed by atoms with E-state index in [0.29, 0.717) is 24.8 Å². The van der Waals surface area contributed by atoms with E-state index >= 15 is 0 Å². The second-order valence-electron chi connectivity index (χ2n) is 9.26. The van der Waals surface area contributed by atoms with Crippen LogP contribution in [-0.2, 0) is 9.59 Å². The van der Waals surface area contributed by atoms with E-state index in [1.807, 2.05) is 36.9 Å². The number of anilines is 2. The summed E-state index contributed by atoms with van der Waals surface area (Å²) in [4.78, 5) is 27.8. The van der Waals surface area contributed by atoms with Gasteiger partial charge in [-0.3, -0.25) is 9.59 Å². The molecule has 0 atom stereocenters. The van der Waals surface area contributed by atoms with Gasteiger partial charge in [-0.2, -0.15) is 0 Å². The van der Waals surface area contributed by atoms with Gasteiger partial charge in [-0.05, 0) is 57.2 Å². The number of nitrogens with one attached hydrogen (secondary N) is 1. The van der Waals surface area contributed by atoms with Crippen LogP contribution in [0, 0.1) is 17.3 Å². The Bertz CT molecular complexity index is 706. The van der Waals surface area contributed by atoms with Crippen molar-refractivity contribution in [3.05, 3.63) is 18.2 Å². The number of rotatable bonds is 9. The molecule has 29 heavy (non-hydrogen) atoms. The lowest BCUT2D eigenvalue weighted by Crippen LogP contribution is -2.42. The summed E-state index contributed by atoms with van der Waals surface area (Å²) in [6.45, 7) is 13.4. The van der Waals surface area contributed by atoms with Crippen LogP contribution in [-0.4, -0.2) is 25.0 Å². The summed E-state index contributed by atoms with van der Waals surface area (Å²) >= 11 is 0. The quantitative estimate of drug-likeness (QED) is 0.581. The molecule has 1 aromatic rings. The molecule has 0 aliphatic carbocycles. The van der Waals surface area contributed by atoms with Crippen LogP contribution >= 0.6 is 0 Å². The Hall–Kier alpha value is -2.04. The molecular weight excluding hydrogens is 364 g/mol. The number of fused-ring (bicyclic) bond motifs is 1. The molecule has 0 radical (unpaired) electrons. The van der Waals surface area contributed by atoms with Gasteiger partial charge in [0.1, 0.15) is 12.4 Å². The third-order valence-electron chi connectivity index (χ3n) is 5.51. The van der Waals surface area contributed by atoms with Crippen molar-refractivity contribution in [2.75, 3.05) is 23.4 Å². The molecule has 0 bridgehead atoms. The lowest BCUT2D eigenvalue weighted by Gasteiger charge is -2.29. The molecule has 5 nitrogen and oxygen atoms in total. The summed E-state index contributed by atoms with van der Waals surface area (Å²) in [5.74, 6) is 1.34. The highest BCUT2D eigenvalue weighted by Gasteiger charge is 2.37. The fourth-order valence-electron chi connectivity index (χ4n) is 3.68. The minimum absolute atomic E-state index is 0.0256. The Labute approximate surface area is 176 Å². The van der Waals surface area contributed by atoms with Crippen molar-refractivity contribution < 1.29 is 14.3 Å². The maximum Gasteiger partial charge on any atom is 0.236 e. The van der Waals surface area contributed by atoms with Crippen LogP contribution in [0.25, 0.3) is 0 Å². The summed E-state index contributed by atoms with van der Waals surface area (Å²) in [6.07, 6.45) is 4.67. The Morgan fingerprint density at radius 3 is 2.41 bits per heavy atom. The van der Waals surface area contributed by atoms with Gasteiger partial charge >= 0.3 is 0 Å². The zero-order valence-electron chi connectivity index (χ0n) is 19.0. The van der Waals surface area contributed by atoms with Crippen LogP contribution in [0.2, 0.25) is 0 Å². The normalized spacial score (nSPS) is 15.9. The molecule has 0 spiro atoms. The van der Waals surface area contributed by atoms with Crippen molar-refractivity contribution in [1.29, 1.82) is 0 Å². The minimum Gasteiger partial charge on any atom is -0.490 e. The van der Waals surface area contributed by atoms with Gasteiger partial charge in [0.2, 0.25) is 11.8 Å². The van der Waals surface area contributed by atoms with Gasteiger partial charge in [-0.25, -0.2) is 0 Å². The van der Waals surface area contributed by atoms with Crippen molar-refractivity contribution in [2.24, 2.45) is 17.3 Å². The third-order valence-corrected chi connectivity index (χ3v) is 5.51. The Balaban J connectivity index is 2.31. The van der Waals surface area contributed by atoms with Crippen LogP contribution in [0.15, 0.2) is 18.2 Å². The molecule has 1 heterocycles. The summed E-state index contributed by atoms with van der Waals surface area (Å²) in [5, 5.41) is 3.07. The van der Waals surface area contributed by atoms with Gasteiger partial charge in [-0.1, -0.05) is 40.5 Å². The maximum atomic E-state index is 13.2. The van der Waals surface area contributed by atoms with E-state index in [1.165, 1.54) is 0 Å². The van der Waals surface area contributed by atoms with E-state index in [-0.39, 0.29) is 17.7 Å². The monoisotopic (exact) mass is 402 g/mol. The van der Waals surface area contributed by atoms with Gasteiger partial charge in [0.15, 0.2) is 0 Å². The predicted octanol–water partition coefficient (Wildman–Crippen LogP) is 5.64. The average Bonchev–Trinajstić information content (AvgIpc) is 2.75. The second-order valence-corrected chi connectivity index (χ2v) is 9.26. The van der Waals surface area contributed by atoms with Gasteiger partial charge in [0.25, 0.3) is 0 Å². The zero-order valence-corrected chi connectivity index (χ0v) is 19.0. The fourth-order valence-corrected chi connectivity index (χ4v) is 3.68. The van der Waals surface area contributed by atoms with Crippen LogP contribution in [0.4, 0.5) is 11.4 Å². The Morgan fingerprint density at radius 2 is 1.83 bits per heavy atom. The second kappa shape index (κ2) is 10.1. The largest absolute Gasteiger partial charge is 0.490 e. The summed E-state index contributed by atoms with van der Waals surface area (Å²) < 4.78 is 5.98. The van der Waals surface area contributed by atoms with Crippen LogP contribution < -0.4 is 15.0 Å². The molecule has 2 amide bonds. The topological polar surface area (TPSA) is 58.6 Å². The van der Waals surface area contributed by atoms with E-state index in [9.17, 15) is 9.59 Å². The molecule has 1 aliphatic rings. The lowest BCUT2D eigenvalue weighted by molar-refractivity contribution is -0.127. The molecule has 1 aliphatic heterocycles. The lowest BCUT2D eigenvalue weighted by atomic mass is 9.92. The highest BCUT2D eigenvalue weighted by molar-refractivity contribution is 6.00. The van der Waals surface area contributed by atoms with Crippen LogP contribution in [0.5, 0.6) is 5.75 Å². The Kier molecular flexibility index (Phi) is 8.12. The third kappa shape index (κ3) is 5.97. The minimum atomic E-state index is -0.591. The number of hydrogen-bond donors (Lipinski definition) is 1. The van der Waals surface area contributed by atoms with Gasteiger partial charge < -0.3 is 15.0 Å². The highest BCUT2D eigenvalue weighted by atomic mass is 16.5. The first-order chi connectivity index (χ1) is 13.7. The Morgan fingerprint density at radius 1 is 1.17 bits per heavy atom. The number of nitrogens with zero attached hydrogens (tertiary/aromatic N) is 1. The molecular formula is C24H38N2O3.